The summed E-state index contributed by atoms with van der Waals surface area (Å²) in [5, 5.41) is 10.7. The summed E-state index contributed by atoms with van der Waals surface area (Å²) in [6.45, 7) is 0.0772. The molecule has 1 fully saturated rings. The maximum atomic E-state index is 13.6. The van der Waals surface area contributed by atoms with Gasteiger partial charge in [-0.3, -0.25) is 9.78 Å². The Labute approximate surface area is 289 Å². The van der Waals surface area contributed by atoms with E-state index in [-0.39, 0.29) is 39.9 Å². The average Bonchev–Trinajstić information content (AvgIpc) is 3.72. The number of hydrogen-bond donors (Lipinski definition) is 3. The van der Waals surface area contributed by atoms with Crippen LogP contribution in [0.2, 0.25) is 5.02 Å². The summed E-state index contributed by atoms with van der Waals surface area (Å²) in [6, 6.07) is 19.7. The highest BCUT2D eigenvalue weighted by molar-refractivity contribution is 7.90. The van der Waals surface area contributed by atoms with Gasteiger partial charge in [0.05, 0.1) is 33.9 Å². The maximum Gasteiger partial charge on any atom is 0.527 e. The molecule has 2 atom stereocenters. The molecule has 1 aromatic heterocycles. The van der Waals surface area contributed by atoms with E-state index in [9.17, 15) is 18.0 Å². The van der Waals surface area contributed by atoms with Crippen LogP contribution in [0.25, 0.3) is 11.1 Å². The van der Waals surface area contributed by atoms with Crippen LogP contribution in [-0.2, 0) is 24.2 Å². The Hall–Kier alpha value is -4.65. The number of benzene rings is 3. The molecule has 1 heterocycles. The summed E-state index contributed by atoms with van der Waals surface area (Å²) in [4.78, 5) is 39.9. The van der Waals surface area contributed by atoms with Crippen molar-refractivity contribution in [3.8, 4) is 11.1 Å². The van der Waals surface area contributed by atoms with E-state index in [1.165, 1.54) is 18.5 Å². The van der Waals surface area contributed by atoms with E-state index >= 15 is 0 Å². The number of rotatable bonds is 12. The van der Waals surface area contributed by atoms with Gasteiger partial charge in [0, 0.05) is 18.4 Å². The van der Waals surface area contributed by atoms with E-state index in [4.69, 9.17) is 26.6 Å². The second-order valence-electron chi connectivity index (χ2n) is 12.4. The van der Waals surface area contributed by atoms with Crippen molar-refractivity contribution in [3.63, 3.8) is 0 Å². The number of carbonyl (C=O) groups is 2. The van der Waals surface area contributed by atoms with Gasteiger partial charge >= 0.3 is 6.16 Å². The molecule has 11 nitrogen and oxygen atoms in total. The molecule has 1 saturated carbocycles. The standard InChI is InChI=1S/C36H36ClN5O6S/c1-49(45,46)33-15-14-23(17-30(33)37)28(16-22-8-2-3-9-22)35(43)41-34-20-39-32(19-40-34)31(18-38)42-48-36(44)47-21-29-26-12-6-4-10-24(26)25-11-5-7-13-27(25)29/h4-7,10-15,17-20,22,28-29,31,38,42H,2-3,8-9,16,21H2,1H3,(H,40,41,43)/t28?,31-/m0/s1. The van der Waals surface area contributed by atoms with Crippen molar-refractivity contribution in [2.75, 3.05) is 18.2 Å². The zero-order valence-electron chi connectivity index (χ0n) is 26.8. The zero-order chi connectivity index (χ0) is 34.5. The predicted octanol–water partition coefficient (Wildman–Crippen LogP) is 7.00. The number of aromatic nitrogens is 2. The number of amides is 1. The molecular formula is C36H36ClN5O6S. The van der Waals surface area contributed by atoms with Crippen LogP contribution < -0.4 is 10.8 Å². The lowest BCUT2D eigenvalue weighted by atomic mass is 9.87. The van der Waals surface area contributed by atoms with Crippen LogP contribution in [0, 0.1) is 11.3 Å². The summed E-state index contributed by atoms with van der Waals surface area (Å²) < 4.78 is 29.6. The summed E-state index contributed by atoms with van der Waals surface area (Å²) in [6.07, 6.45) is 8.68. The van der Waals surface area contributed by atoms with Crippen molar-refractivity contribution in [2.45, 2.75) is 54.9 Å². The second kappa shape index (κ2) is 14.9. The molecule has 49 heavy (non-hydrogen) atoms. The smallest absolute Gasteiger partial charge is 0.432 e. The largest absolute Gasteiger partial charge is 0.527 e. The molecule has 6 rings (SSSR count). The lowest BCUT2D eigenvalue weighted by Gasteiger charge is -2.21. The molecular weight excluding hydrogens is 666 g/mol. The van der Waals surface area contributed by atoms with E-state index in [2.05, 4.69) is 20.8 Å². The number of hydrogen-bond acceptors (Lipinski definition) is 10. The fraction of sp³-hybridized carbons (Fsp3) is 0.306. The molecule has 1 unspecified atom stereocenters. The molecule has 0 saturated heterocycles. The van der Waals surface area contributed by atoms with Crippen LogP contribution >= 0.6 is 11.6 Å². The highest BCUT2D eigenvalue weighted by atomic mass is 35.5. The number of hydroxylamine groups is 1. The summed E-state index contributed by atoms with van der Waals surface area (Å²) in [5.41, 5.74) is 7.74. The second-order valence-corrected chi connectivity index (χ2v) is 14.8. The highest BCUT2D eigenvalue weighted by Crippen LogP contribution is 2.44. The first-order valence-electron chi connectivity index (χ1n) is 16.0. The Morgan fingerprint density at radius 1 is 1.00 bits per heavy atom. The molecule has 1 amide bonds. The Morgan fingerprint density at radius 3 is 2.27 bits per heavy atom. The Morgan fingerprint density at radius 2 is 1.67 bits per heavy atom. The summed E-state index contributed by atoms with van der Waals surface area (Å²) in [7, 11) is -3.52. The number of nitrogens with zero attached hydrogens (tertiary/aromatic N) is 2. The Balaban J connectivity index is 1.07. The normalized spacial score (nSPS) is 15.6. The zero-order valence-corrected chi connectivity index (χ0v) is 28.3. The molecule has 3 aromatic carbocycles. The van der Waals surface area contributed by atoms with Gasteiger partial charge in [0.2, 0.25) is 5.91 Å². The van der Waals surface area contributed by atoms with Gasteiger partial charge in [0.15, 0.2) is 15.7 Å². The Kier molecular flexibility index (Phi) is 10.4. The van der Waals surface area contributed by atoms with Crippen LogP contribution in [0.3, 0.4) is 0 Å². The molecule has 0 radical (unpaired) electrons. The average molecular weight is 702 g/mol. The lowest BCUT2D eigenvalue weighted by molar-refractivity contribution is -0.118. The lowest BCUT2D eigenvalue weighted by Crippen LogP contribution is -2.28. The SMILES string of the molecule is CS(=O)(=O)c1ccc(C(CC2CCCC2)C(=O)Nc2cnc([C@H](C=N)NOC(=O)OCC3c4ccccc4-c4ccccc43)cn2)cc1Cl. The predicted molar refractivity (Wildman–Crippen MR) is 185 cm³/mol. The molecule has 0 aliphatic heterocycles. The molecule has 0 bridgehead atoms. The van der Waals surface area contributed by atoms with Crippen LogP contribution in [0.4, 0.5) is 10.6 Å². The van der Waals surface area contributed by atoms with E-state index in [1.807, 2.05) is 48.5 Å². The van der Waals surface area contributed by atoms with Crippen LogP contribution in [0.15, 0.2) is 84.0 Å². The quantitative estimate of drug-likeness (QED) is 0.0803. The first kappa shape index (κ1) is 34.2. The maximum absolute atomic E-state index is 13.6. The molecule has 3 N–H and O–H groups in total. The van der Waals surface area contributed by atoms with Crippen molar-refractivity contribution >= 4 is 45.5 Å². The third kappa shape index (κ3) is 7.82. The number of anilines is 1. The number of sulfone groups is 1. The fourth-order valence-corrected chi connectivity index (χ4v) is 8.03. The highest BCUT2D eigenvalue weighted by Gasteiger charge is 2.30. The molecule has 254 valence electrons. The van der Waals surface area contributed by atoms with E-state index in [0.29, 0.717) is 17.9 Å². The minimum atomic E-state index is -3.52. The summed E-state index contributed by atoms with van der Waals surface area (Å²) in [5.74, 6) is -0.498. The fourth-order valence-electron chi connectivity index (χ4n) is 6.70. The van der Waals surface area contributed by atoms with Crippen molar-refractivity contribution < 1.29 is 27.6 Å². The van der Waals surface area contributed by atoms with Crippen molar-refractivity contribution in [3.05, 3.63) is 107 Å². The Bertz CT molecular complexity index is 1920. The first-order chi connectivity index (χ1) is 23.6. The third-order valence-electron chi connectivity index (χ3n) is 9.13. The third-order valence-corrected chi connectivity index (χ3v) is 10.7. The van der Waals surface area contributed by atoms with Crippen LogP contribution in [0.5, 0.6) is 0 Å². The topological polar surface area (TPSA) is 160 Å². The number of nitrogens with one attached hydrogen (secondary N) is 3. The van der Waals surface area contributed by atoms with Gasteiger partial charge in [-0.25, -0.2) is 18.2 Å². The number of halogens is 1. The molecule has 2 aliphatic carbocycles. The minimum absolute atomic E-state index is 0.0105. The molecule has 2 aliphatic rings. The van der Waals surface area contributed by atoms with Gasteiger partial charge in [-0.1, -0.05) is 91.9 Å². The molecule has 0 spiro atoms. The van der Waals surface area contributed by atoms with Crippen LogP contribution in [-0.4, -0.2) is 49.5 Å². The van der Waals surface area contributed by atoms with E-state index in [1.54, 1.807) is 12.1 Å². The number of carbonyl (C=O) groups excluding carboxylic acids is 2. The van der Waals surface area contributed by atoms with Gasteiger partial charge in [-0.15, -0.1) is 5.48 Å². The van der Waals surface area contributed by atoms with Crippen molar-refractivity contribution in [1.29, 1.82) is 5.41 Å². The number of ether oxygens (including phenoxy) is 1. The van der Waals surface area contributed by atoms with Gasteiger partial charge in [0.1, 0.15) is 12.6 Å². The minimum Gasteiger partial charge on any atom is -0.432 e. The van der Waals surface area contributed by atoms with Gasteiger partial charge < -0.3 is 20.3 Å². The van der Waals surface area contributed by atoms with Crippen molar-refractivity contribution in [1.82, 2.24) is 15.4 Å². The molecule has 13 heteroatoms. The van der Waals surface area contributed by atoms with Gasteiger partial charge in [-0.2, -0.15) is 0 Å². The van der Waals surface area contributed by atoms with E-state index in [0.717, 1.165) is 60.4 Å². The molecule has 4 aromatic rings. The van der Waals surface area contributed by atoms with Gasteiger partial charge in [-0.05, 0) is 52.3 Å². The van der Waals surface area contributed by atoms with Gasteiger partial charge in [0.25, 0.3) is 0 Å². The van der Waals surface area contributed by atoms with Crippen LogP contribution in [0.1, 0.15) is 72.4 Å². The van der Waals surface area contributed by atoms with Crippen molar-refractivity contribution in [2.24, 2.45) is 5.92 Å². The summed E-state index contributed by atoms with van der Waals surface area (Å²) >= 11 is 6.33. The van der Waals surface area contributed by atoms with E-state index < -0.39 is 28.0 Å². The first-order valence-corrected chi connectivity index (χ1v) is 18.3. The monoisotopic (exact) mass is 701 g/mol. The number of fused-ring (bicyclic) bond motifs is 3.